The van der Waals surface area contributed by atoms with Gasteiger partial charge in [-0.1, -0.05) is 27.3 Å². The van der Waals surface area contributed by atoms with Crippen LogP contribution in [-0.2, 0) is 11.2 Å². The highest BCUT2D eigenvalue weighted by Gasteiger charge is 2.07. The molecule has 0 saturated carbocycles. The number of ether oxygens (including phenoxy) is 2. The molecule has 0 bridgehead atoms. The zero-order chi connectivity index (χ0) is 17.4. The molecule has 0 fully saturated rings. The van der Waals surface area contributed by atoms with Crippen LogP contribution in [0.1, 0.15) is 10.6 Å². The fourth-order valence-electron chi connectivity index (χ4n) is 1.73. The molecule has 24 heavy (non-hydrogen) atoms. The molecular weight excluding hydrogens is 398 g/mol. The topological polar surface area (TPSA) is 112 Å². The lowest BCUT2D eigenvalue weighted by Gasteiger charge is -2.10. The van der Waals surface area contributed by atoms with Crippen LogP contribution >= 0.6 is 27.3 Å². The lowest BCUT2D eigenvalue weighted by Crippen LogP contribution is -2.19. The molecule has 1 heterocycles. The number of nitrogen functional groups attached to an aromatic ring is 1. The fraction of sp³-hybridized carbons (Fsp3) is 0.286. The number of hydrogen-bond donors (Lipinski definition) is 2. The lowest BCUT2D eigenvalue weighted by molar-refractivity contribution is -0.120. The zero-order valence-electron chi connectivity index (χ0n) is 12.9. The summed E-state index contributed by atoms with van der Waals surface area (Å²) in [6, 6.07) is 5.37. The Labute approximate surface area is 151 Å². The highest BCUT2D eigenvalue weighted by atomic mass is 79.9. The van der Waals surface area contributed by atoms with Gasteiger partial charge in [0.05, 0.1) is 26.4 Å². The Morgan fingerprint density at radius 1 is 1.46 bits per heavy atom. The van der Waals surface area contributed by atoms with E-state index in [4.69, 9.17) is 15.2 Å². The summed E-state index contributed by atoms with van der Waals surface area (Å²) in [4.78, 5) is 11.7. The van der Waals surface area contributed by atoms with E-state index in [1.165, 1.54) is 17.6 Å². The minimum Gasteiger partial charge on any atom is -0.493 e. The van der Waals surface area contributed by atoms with Crippen LogP contribution in [0.2, 0.25) is 0 Å². The van der Waals surface area contributed by atoms with Gasteiger partial charge in [0.1, 0.15) is 5.01 Å². The maximum absolute atomic E-state index is 11.7. The summed E-state index contributed by atoms with van der Waals surface area (Å²) in [7, 11) is 1.56. The van der Waals surface area contributed by atoms with Crippen molar-refractivity contribution >= 4 is 44.5 Å². The number of carbonyl (C=O) groups excluding carboxylic acids is 1. The second-order valence-corrected chi connectivity index (χ2v) is 6.34. The number of hydrazone groups is 1. The van der Waals surface area contributed by atoms with Crippen LogP contribution in [0.5, 0.6) is 11.5 Å². The number of nitrogens with two attached hydrogens (primary N) is 1. The highest BCUT2D eigenvalue weighted by molar-refractivity contribution is 9.09. The molecule has 0 aliphatic heterocycles. The first kappa shape index (κ1) is 18.1. The molecule has 0 aliphatic rings. The number of benzene rings is 1. The number of halogens is 1. The van der Waals surface area contributed by atoms with E-state index in [1.807, 2.05) is 6.07 Å². The number of nitrogens with zero attached hydrogens (tertiary/aromatic N) is 3. The summed E-state index contributed by atoms with van der Waals surface area (Å²) in [6.45, 7) is 0.538. The predicted molar refractivity (Wildman–Crippen MR) is 96.0 cm³/mol. The Bertz CT molecular complexity index is 722. The van der Waals surface area contributed by atoms with Gasteiger partial charge in [-0.3, -0.25) is 4.79 Å². The molecule has 0 atom stereocenters. The van der Waals surface area contributed by atoms with E-state index in [9.17, 15) is 4.79 Å². The monoisotopic (exact) mass is 413 g/mol. The maximum atomic E-state index is 11.7. The molecule has 1 amide bonds. The number of rotatable bonds is 8. The first-order valence-electron chi connectivity index (χ1n) is 6.89. The van der Waals surface area contributed by atoms with Gasteiger partial charge in [-0.2, -0.15) is 5.10 Å². The van der Waals surface area contributed by atoms with E-state index in [-0.39, 0.29) is 12.3 Å². The molecule has 2 rings (SSSR count). The van der Waals surface area contributed by atoms with Crippen LogP contribution in [-0.4, -0.2) is 41.4 Å². The van der Waals surface area contributed by atoms with Crippen molar-refractivity contribution in [1.29, 1.82) is 0 Å². The molecule has 0 radical (unpaired) electrons. The number of nitrogens with one attached hydrogen (secondary N) is 1. The van der Waals surface area contributed by atoms with Crippen molar-refractivity contribution in [3.63, 3.8) is 0 Å². The summed E-state index contributed by atoms with van der Waals surface area (Å²) in [5.74, 6) is 0.939. The van der Waals surface area contributed by atoms with Gasteiger partial charge in [0, 0.05) is 5.33 Å². The summed E-state index contributed by atoms with van der Waals surface area (Å²) < 4.78 is 10.8. The van der Waals surface area contributed by atoms with Crippen molar-refractivity contribution in [3.05, 3.63) is 28.8 Å². The summed E-state index contributed by atoms with van der Waals surface area (Å²) in [5, 5.41) is 12.9. The number of amides is 1. The Morgan fingerprint density at radius 2 is 2.29 bits per heavy atom. The summed E-state index contributed by atoms with van der Waals surface area (Å²) >= 11 is 4.47. The smallest absolute Gasteiger partial charge is 0.247 e. The van der Waals surface area contributed by atoms with E-state index in [0.717, 1.165) is 10.9 Å². The summed E-state index contributed by atoms with van der Waals surface area (Å²) in [6.07, 6.45) is 1.60. The molecular formula is C14H16BrN5O3S. The average molecular weight is 414 g/mol. The van der Waals surface area contributed by atoms with Crippen LogP contribution in [0, 0.1) is 0 Å². The van der Waals surface area contributed by atoms with E-state index < -0.39 is 0 Å². The number of alkyl halides is 1. The maximum Gasteiger partial charge on any atom is 0.247 e. The quantitative estimate of drug-likeness (QED) is 0.386. The van der Waals surface area contributed by atoms with Crippen LogP contribution < -0.4 is 20.6 Å². The molecule has 0 aliphatic carbocycles. The Hall–Kier alpha value is -2.20. The largest absolute Gasteiger partial charge is 0.493 e. The molecule has 128 valence electrons. The van der Waals surface area contributed by atoms with E-state index in [0.29, 0.717) is 28.2 Å². The van der Waals surface area contributed by atoms with E-state index >= 15 is 0 Å². The lowest BCUT2D eigenvalue weighted by atomic mass is 10.2. The van der Waals surface area contributed by atoms with Crippen LogP contribution in [0.15, 0.2) is 23.3 Å². The van der Waals surface area contributed by atoms with Crippen LogP contribution in [0.25, 0.3) is 0 Å². The minimum absolute atomic E-state index is 0.0782. The van der Waals surface area contributed by atoms with Gasteiger partial charge in [-0.25, -0.2) is 5.43 Å². The fourth-order valence-corrected chi connectivity index (χ4v) is 2.50. The molecule has 2 aromatic rings. The third kappa shape index (κ3) is 5.46. The Balaban J connectivity index is 1.92. The van der Waals surface area contributed by atoms with Crippen molar-refractivity contribution in [3.8, 4) is 11.5 Å². The normalized spacial score (nSPS) is 10.8. The second kappa shape index (κ2) is 9.18. The van der Waals surface area contributed by atoms with Gasteiger partial charge in [-0.05, 0) is 23.8 Å². The molecule has 0 saturated heterocycles. The first-order valence-corrected chi connectivity index (χ1v) is 8.82. The predicted octanol–water partition coefficient (Wildman–Crippen LogP) is 1.60. The zero-order valence-corrected chi connectivity index (χ0v) is 15.3. The van der Waals surface area contributed by atoms with Crippen molar-refractivity contribution in [2.75, 3.05) is 24.8 Å². The number of methoxy groups -OCH3 is 1. The van der Waals surface area contributed by atoms with E-state index in [1.54, 1.807) is 19.2 Å². The summed E-state index contributed by atoms with van der Waals surface area (Å²) in [5.41, 5.74) is 8.65. The van der Waals surface area contributed by atoms with Crippen LogP contribution in [0.3, 0.4) is 0 Å². The molecule has 0 unspecified atom stereocenters. The number of hydrogen-bond acceptors (Lipinski definition) is 8. The van der Waals surface area contributed by atoms with Gasteiger partial charge < -0.3 is 15.2 Å². The van der Waals surface area contributed by atoms with Gasteiger partial charge in [0.15, 0.2) is 11.5 Å². The van der Waals surface area contributed by atoms with Gasteiger partial charge >= 0.3 is 0 Å². The Kier molecular flexibility index (Phi) is 6.94. The van der Waals surface area contributed by atoms with Crippen molar-refractivity contribution in [2.24, 2.45) is 5.10 Å². The highest BCUT2D eigenvalue weighted by Crippen LogP contribution is 2.27. The second-order valence-electron chi connectivity index (χ2n) is 4.45. The third-order valence-electron chi connectivity index (χ3n) is 2.72. The first-order chi connectivity index (χ1) is 11.6. The molecule has 0 spiro atoms. The third-order valence-corrected chi connectivity index (χ3v) is 3.80. The van der Waals surface area contributed by atoms with Crippen molar-refractivity contribution in [2.45, 2.75) is 6.42 Å². The molecule has 8 nitrogen and oxygen atoms in total. The molecule has 1 aromatic carbocycles. The SMILES string of the molecule is COc1cc(C=NNC(=O)Cc2nnc(N)s2)ccc1OCCBr. The van der Waals surface area contributed by atoms with Gasteiger partial charge in [0.2, 0.25) is 11.0 Å². The number of carbonyl (C=O) groups is 1. The molecule has 10 heteroatoms. The van der Waals surface area contributed by atoms with Gasteiger partial charge in [-0.15, -0.1) is 10.2 Å². The molecule has 1 aromatic heterocycles. The molecule has 3 N–H and O–H groups in total. The average Bonchev–Trinajstić information content (AvgIpc) is 2.98. The Morgan fingerprint density at radius 3 is 2.96 bits per heavy atom. The number of aromatic nitrogens is 2. The standard InChI is InChI=1S/C14H16BrN5O3S/c1-22-11-6-9(2-3-10(11)23-5-4-15)8-17-18-12(21)7-13-19-20-14(16)24-13/h2-3,6,8H,4-5,7H2,1H3,(H2,16,20)(H,18,21). The number of anilines is 1. The van der Waals surface area contributed by atoms with Crippen molar-refractivity contribution in [1.82, 2.24) is 15.6 Å². The van der Waals surface area contributed by atoms with Crippen LogP contribution in [0.4, 0.5) is 5.13 Å². The van der Waals surface area contributed by atoms with E-state index in [2.05, 4.69) is 36.7 Å². The van der Waals surface area contributed by atoms with Gasteiger partial charge in [0.25, 0.3) is 0 Å². The minimum atomic E-state index is -0.299. The van der Waals surface area contributed by atoms with Crippen molar-refractivity contribution < 1.29 is 14.3 Å².